The molecule has 6 nitrogen and oxygen atoms in total. The molecule has 2 heterocycles. The fourth-order valence-corrected chi connectivity index (χ4v) is 4.46. The molecule has 0 saturated carbocycles. The molecule has 4 rings (SSSR count). The molecular formula is C22H21N3O3S. The van der Waals surface area contributed by atoms with Gasteiger partial charge in [0.2, 0.25) is 0 Å². The number of sulfonamides is 1. The van der Waals surface area contributed by atoms with Gasteiger partial charge in [-0.1, -0.05) is 60.7 Å². The zero-order chi connectivity index (χ0) is 20.5. The minimum atomic E-state index is -3.43. The molecule has 0 aromatic heterocycles. The zero-order valence-electron chi connectivity index (χ0n) is 15.9. The molecule has 0 aliphatic carbocycles. The summed E-state index contributed by atoms with van der Waals surface area (Å²) >= 11 is 0. The van der Waals surface area contributed by atoms with Crippen LogP contribution in [0, 0.1) is 0 Å². The quantitative estimate of drug-likeness (QED) is 0.845. The van der Waals surface area contributed by atoms with Crippen molar-refractivity contribution in [1.29, 1.82) is 0 Å². The molecule has 148 valence electrons. The Morgan fingerprint density at radius 1 is 1.00 bits per heavy atom. The zero-order valence-corrected chi connectivity index (χ0v) is 16.8. The van der Waals surface area contributed by atoms with Gasteiger partial charge in [0.25, 0.3) is 15.9 Å². The molecule has 0 fully saturated rings. The van der Waals surface area contributed by atoms with Gasteiger partial charge in [-0.25, -0.2) is 8.42 Å². The average Bonchev–Trinajstić information content (AvgIpc) is 2.74. The van der Waals surface area contributed by atoms with Gasteiger partial charge in [0.15, 0.2) is 0 Å². The van der Waals surface area contributed by atoms with Gasteiger partial charge >= 0.3 is 0 Å². The van der Waals surface area contributed by atoms with Crippen LogP contribution >= 0.6 is 0 Å². The van der Waals surface area contributed by atoms with Crippen molar-refractivity contribution in [3.63, 3.8) is 0 Å². The van der Waals surface area contributed by atoms with Crippen LogP contribution in [0.4, 0.5) is 0 Å². The summed E-state index contributed by atoms with van der Waals surface area (Å²) in [7, 11) is -3.43. The summed E-state index contributed by atoms with van der Waals surface area (Å²) in [4.78, 5) is 14.8. The van der Waals surface area contributed by atoms with E-state index >= 15 is 0 Å². The number of nitrogens with zero attached hydrogens (tertiary/aromatic N) is 2. The van der Waals surface area contributed by atoms with Gasteiger partial charge in [-0.2, -0.15) is 0 Å². The van der Waals surface area contributed by atoms with Gasteiger partial charge < -0.3 is 10.2 Å². The van der Waals surface area contributed by atoms with Crippen LogP contribution in [0.2, 0.25) is 0 Å². The van der Waals surface area contributed by atoms with Gasteiger partial charge in [-0.3, -0.25) is 4.79 Å². The van der Waals surface area contributed by atoms with Gasteiger partial charge in [-0.05, 0) is 30.2 Å². The molecule has 2 aromatic carbocycles. The monoisotopic (exact) mass is 407 g/mol. The summed E-state index contributed by atoms with van der Waals surface area (Å²) in [6.45, 7) is 2.25. The molecule has 0 atom stereocenters. The number of nitrogens with one attached hydrogen (secondary N) is 1. The molecule has 0 bridgehead atoms. The van der Waals surface area contributed by atoms with Crippen molar-refractivity contribution < 1.29 is 13.2 Å². The minimum Gasteiger partial charge on any atom is -0.339 e. The van der Waals surface area contributed by atoms with Crippen molar-refractivity contribution in [2.24, 2.45) is 4.40 Å². The molecule has 0 radical (unpaired) electrons. The summed E-state index contributed by atoms with van der Waals surface area (Å²) in [5.74, 6) is 0.0206. The van der Waals surface area contributed by atoms with E-state index in [1.165, 1.54) is 0 Å². The number of amidine groups is 1. The number of hydrogen-bond donors (Lipinski definition) is 1. The van der Waals surface area contributed by atoms with E-state index < -0.39 is 15.6 Å². The first-order valence-corrected chi connectivity index (χ1v) is 10.9. The van der Waals surface area contributed by atoms with Crippen LogP contribution in [0.25, 0.3) is 0 Å². The van der Waals surface area contributed by atoms with Gasteiger partial charge in [0, 0.05) is 12.7 Å². The largest absolute Gasteiger partial charge is 0.339 e. The van der Waals surface area contributed by atoms with Crippen molar-refractivity contribution in [3.8, 4) is 0 Å². The Morgan fingerprint density at radius 3 is 2.17 bits per heavy atom. The molecule has 0 unspecified atom stereocenters. The maximum Gasteiger partial charge on any atom is 0.256 e. The third-order valence-electron chi connectivity index (χ3n) is 5.15. The SMILES string of the molecule is CC(NC(=O)C1=CN2CCS(=O)(=O)N=C2C=C1)(c1ccccc1)c1ccccc1. The van der Waals surface area contributed by atoms with Crippen molar-refractivity contribution in [2.45, 2.75) is 12.5 Å². The lowest BCUT2D eigenvalue weighted by molar-refractivity contribution is -0.118. The Hall–Kier alpha value is -3.19. The second kappa shape index (κ2) is 7.33. The van der Waals surface area contributed by atoms with E-state index in [9.17, 15) is 13.2 Å². The Bertz CT molecular complexity index is 1080. The highest BCUT2D eigenvalue weighted by Crippen LogP contribution is 2.30. The number of fused-ring (bicyclic) bond motifs is 1. The Kier molecular flexibility index (Phi) is 4.84. The number of carbonyl (C=O) groups excluding carboxylic acids is 1. The summed E-state index contributed by atoms with van der Waals surface area (Å²) in [5, 5.41) is 3.16. The summed E-state index contributed by atoms with van der Waals surface area (Å²) in [5.41, 5.74) is 1.65. The predicted octanol–water partition coefficient (Wildman–Crippen LogP) is 2.56. The second-order valence-electron chi connectivity index (χ2n) is 7.16. The van der Waals surface area contributed by atoms with Gasteiger partial charge in [0.05, 0.1) is 16.9 Å². The number of carbonyl (C=O) groups is 1. The van der Waals surface area contributed by atoms with E-state index in [1.807, 2.05) is 67.6 Å². The Morgan fingerprint density at radius 2 is 1.59 bits per heavy atom. The van der Waals surface area contributed by atoms with E-state index in [0.29, 0.717) is 11.4 Å². The summed E-state index contributed by atoms with van der Waals surface area (Å²) in [6, 6.07) is 19.6. The molecule has 29 heavy (non-hydrogen) atoms. The first-order valence-electron chi connectivity index (χ1n) is 9.30. The van der Waals surface area contributed by atoms with Crippen LogP contribution in [-0.2, 0) is 20.4 Å². The van der Waals surface area contributed by atoms with Crippen LogP contribution in [0.1, 0.15) is 18.1 Å². The van der Waals surface area contributed by atoms with Crippen LogP contribution in [-0.4, -0.2) is 37.4 Å². The van der Waals surface area contributed by atoms with Gasteiger partial charge in [0.1, 0.15) is 5.84 Å². The topological polar surface area (TPSA) is 78.8 Å². The van der Waals surface area contributed by atoms with Crippen molar-refractivity contribution in [1.82, 2.24) is 10.2 Å². The molecular weight excluding hydrogens is 386 g/mol. The summed E-state index contributed by atoms with van der Waals surface area (Å²) < 4.78 is 27.1. The van der Waals surface area contributed by atoms with Crippen LogP contribution in [0.3, 0.4) is 0 Å². The highest BCUT2D eigenvalue weighted by Gasteiger charge is 2.32. The lowest BCUT2D eigenvalue weighted by Crippen LogP contribution is -2.46. The molecule has 2 aliphatic heterocycles. The molecule has 1 amide bonds. The van der Waals surface area contributed by atoms with Gasteiger partial charge in [-0.15, -0.1) is 4.40 Å². The molecule has 0 spiro atoms. The molecule has 2 aliphatic rings. The number of rotatable bonds is 4. The first-order chi connectivity index (χ1) is 13.9. The summed E-state index contributed by atoms with van der Waals surface area (Å²) in [6.07, 6.45) is 4.81. The smallest absolute Gasteiger partial charge is 0.256 e. The minimum absolute atomic E-state index is 0.0680. The van der Waals surface area contributed by atoms with E-state index in [-0.39, 0.29) is 18.2 Å². The van der Waals surface area contributed by atoms with Crippen molar-refractivity contribution >= 4 is 21.8 Å². The van der Waals surface area contributed by atoms with E-state index in [4.69, 9.17) is 0 Å². The number of hydrogen-bond acceptors (Lipinski definition) is 4. The van der Waals surface area contributed by atoms with Crippen molar-refractivity contribution in [3.05, 3.63) is 95.7 Å². The second-order valence-corrected chi connectivity index (χ2v) is 8.91. The predicted molar refractivity (Wildman–Crippen MR) is 113 cm³/mol. The normalized spacial score (nSPS) is 17.8. The Balaban J connectivity index is 1.65. The highest BCUT2D eigenvalue weighted by molar-refractivity contribution is 7.90. The van der Waals surface area contributed by atoms with Crippen molar-refractivity contribution in [2.75, 3.05) is 12.3 Å². The van der Waals surface area contributed by atoms with E-state index in [0.717, 1.165) is 11.1 Å². The van der Waals surface area contributed by atoms with E-state index in [2.05, 4.69) is 9.71 Å². The first kappa shape index (κ1) is 19.1. The highest BCUT2D eigenvalue weighted by atomic mass is 32.2. The lowest BCUT2D eigenvalue weighted by Gasteiger charge is -2.33. The fourth-order valence-electron chi connectivity index (χ4n) is 3.49. The lowest BCUT2D eigenvalue weighted by atomic mass is 9.84. The molecule has 2 aromatic rings. The molecule has 0 saturated heterocycles. The van der Waals surface area contributed by atoms with E-state index in [1.54, 1.807) is 23.3 Å². The maximum absolute atomic E-state index is 13.1. The van der Waals surface area contributed by atoms with Crippen LogP contribution in [0.5, 0.6) is 0 Å². The molecule has 1 N–H and O–H groups in total. The van der Waals surface area contributed by atoms with Crippen LogP contribution in [0.15, 0.2) is 89.0 Å². The Labute approximate surface area is 170 Å². The standard InChI is InChI=1S/C22H21N3O3S/c1-22(18-8-4-2-5-9-18,19-10-6-3-7-11-19)23-21(26)17-12-13-20-24-29(27,28)15-14-25(20)16-17/h2-13,16H,14-15H2,1H3,(H,23,26). The third-order valence-corrected chi connectivity index (χ3v) is 6.32. The number of amides is 1. The average molecular weight is 407 g/mol. The fraction of sp³-hybridized carbons (Fsp3) is 0.182. The third kappa shape index (κ3) is 3.86. The van der Waals surface area contributed by atoms with Crippen LogP contribution < -0.4 is 5.32 Å². The maximum atomic E-state index is 13.1. The number of benzene rings is 2. The molecule has 7 heteroatoms.